The molecule has 0 radical (unpaired) electrons. The zero-order chi connectivity index (χ0) is 17.1. The molecule has 0 saturated heterocycles. The third-order valence-electron chi connectivity index (χ3n) is 3.74. The van der Waals surface area contributed by atoms with E-state index in [9.17, 15) is 14.7 Å². The molecule has 5 heteroatoms. The second-order valence-corrected chi connectivity index (χ2v) is 5.22. The summed E-state index contributed by atoms with van der Waals surface area (Å²) < 4.78 is 4.87. The van der Waals surface area contributed by atoms with Crippen molar-refractivity contribution in [3.8, 4) is 5.75 Å². The van der Waals surface area contributed by atoms with Crippen LogP contribution >= 0.6 is 0 Å². The van der Waals surface area contributed by atoms with Gasteiger partial charge in [-0.25, -0.2) is 4.79 Å². The van der Waals surface area contributed by atoms with Gasteiger partial charge in [0.1, 0.15) is 5.75 Å². The van der Waals surface area contributed by atoms with E-state index in [1.54, 1.807) is 18.2 Å². The molecule has 0 unspecified atom stereocenters. The summed E-state index contributed by atoms with van der Waals surface area (Å²) in [6.45, 7) is 0. The van der Waals surface area contributed by atoms with Gasteiger partial charge >= 0.3 is 5.97 Å². The Labute approximate surface area is 138 Å². The highest BCUT2D eigenvalue weighted by molar-refractivity contribution is 6.24. The molecular formula is C19H15NO4. The number of benzene rings is 2. The van der Waals surface area contributed by atoms with Gasteiger partial charge in [0.05, 0.1) is 18.4 Å². The Hall–Kier alpha value is -3.34. The van der Waals surface area contributed by atoms with E-state index in [0.29, 0.717) is 16.8 Å². The molecule has 2 aromatic carbocycles. The van der Waals surface area contributed by atoms with Gasteiger partial charge in [-0.15, -0.1) is 0 Å². The number of ether oxygens (including phenoxy) is 1. The Bertz CT molecular complexity index is 936. The van der Waals surface area contributed by atoms with Crippen LogP contribution in [0.1, 0.15) is 21.6 Å². The van der Waals surface area contributed by atoms with Crippen LogP contribution in [0.15, 0.2) is 48.5 Å². The summed E-state index contributed by atoms with van der Waals surface area (Å²) in [5.41, 5.74) is 2.51. The Morgan fingerprint density at radius 1 is 1.12 bits per heavy atom. The van der Waals surface area contributed by atoms with Crippen LogP contribution in [0, 0.1) is 0 Å². The fraction of sp³-hybridized carbons (Fsp3) is 0.0526. The van der Waals surface area contributed by atoms with Gasteiger partial charge in [-0.1, -0.05) is 30.3 Å². The minimum Gasteiger partial charge on any atom is -0.508 e. The van der Waals surface area contributed by atoms with Gasteiger partial charge in [0, 0.05) is 16.5 Å². The van der Waals surface area contributed by atoms with E-state index in [4.69, 9.17) is 4.74 Å². The van der Waals surface area contributed by atoms with E-state index >= 15 is 0 Å². The second kappa shape index (κ2) is 6.42. The van der Waals surface area contributed by atoms with Crippen molar-refractivity contribution in [2.45, 2.75) is 0 Å². The van der Waals surface area contributed by atoms with Gasteiger partial charge in [0.25, 0.3) is 0 Å². The number of aromatic amines is 1. The first kappa shape index (κ1) is 15.6. The number of esters is 1. The molecule has 0 saturated carbocycles. The molecule has 1 aromatic heterocycles. The summed E-state index contributed by atoms with van der Waals surface area (Å²) in [5.74, 6) is -0.427. The minimum absolute atomic E-state index is 0.131. The SMILES string of the molecule is COC(=O)/C(=C/c1ccc(O)cc1)c1[nH]c2ccccc2c1C=O. The number of phenolic OH excluding ortho intramolecular Hbond substituents is 1. The van der Waals surface area contributed by atoms with Crippen molar-refractivity contribution in [2.75, 3.05) is 7.11 Å². The maximum atomic E-state index is 12.3. The predicted molar refractivity (Wildman–Crippen MR) is 91.7 cm³/mol. The van der Waals surface area contributed by atoms with E-state index in [1.807, 2.05) is 24.3 Å². The van der Waals surface area contributed by atoms with Crippen molar-refractivity contribution in [3.63, 3.8) is 0 Å². The number of para-hydroxylation sites is 1. The number of aromatic nitrogens is 1. The third-order valence-corrected chi connectivity index (χ3v) is 3.74. The zero-order valence-electron chi connectivity index (χ0n) is 12.9. The summed E-state index contributed by atoms with van der Waals surface area (Å²) in [7, 11) is 1.29. The topological polar surface area (TPSA) is 79.4 Å². The number of nitrogens with one attached hydrogen (secondary N) is 1. The lowest BCUT2D eigenvalue weighted by Crippen LogP contribution is -2.06. The molecule has 0 spiro atoms. The largest absolute Gasteiger partial charge is 0.508 e. The van der Waals surface area contributed by atoms with Crippen LogP contribution in [0.4, 0.5) is 0 Å². The number of phenols is 1. The van der Waals surface area contributed by atoms with Crippen LogP contribution in [0.25, 0.3) is 22.6 Å². The highest BCUT2D eigenvalue weighted by Gasteiger charge is 2.20. The third kappa shape index (κ3) is 2.79. The van der Waals surface area contributed by atoms with Gasteiger partial charge in [0.15, 0.2) is 6.29 Å². The Balaban J connectivity index is 2.22. The van der Waals surface area contributed by atoms with Crippen LogP contribution in [0.2, 0.25) is 0 Å². The van der Waals surface area contributed by atoms with Gasteiger partial charge in [0.2, 0.25) is 0 Å². The quantitative estimate of drug-likeness (QED) is 0.438. The van der Waals surface area contributed by atoms with Crippen LogP contribution in [0.3, 0.4) is 0 Å². The Morgan fingerprint density at radius 3 is 2.50 bits per heavy atom. The summed E-state index contributed by atoms with van der Waals surface area (Å²) in [6.07, 6.45) is 2.34. The van der Waals surface area contributed by atoms with E-state index in [1.165, 1.54) is 19.2 Å². The molecule has 120 valence electrons. The van der Waals surface area contributed by atoms with Crippen molar-refractivity contribution < 1.29 is 19.4 Å². The normalized spacial score (nSPS) is 11.5. The average Bonchev–Trinajstić information content (AvgIpc) is 2.98. The van der Waals surface area contributed by atoms with E-state index in [2.05, 4.69) is 4.98 Å². The number of methoxy groups -OCH3 is 1. The molecule has 0 atom stereocenters. The molecule has 0 aliphatic rings. The maximum absolute atomic E-state index is 12.3. The molecule has 0 fully saturated rings. The Kier molecular flexibility index (Phi) is 4.16. The van der Waals surface area contributed by atoms with Crippen LogP contribution in [-0.2, 0) is 9.53 Å². The maximum Gasteiger partial charge on any atom is 0.340 e. The standard InChI is InChI=1S/C19H15NO4/c1-24-19(23)15(10-12-6-8-13(22)9-7-12)18-16(11-21)14-4-2-3-5-17(14)20-18/h2-11,20,22H,1H3/b15-10+. The number of carbonyl (C=O) groups is 2. The van der Waals surface area contributed by atoms with Crippen LogP contribution in [-0.4, -0.2) is 29.5 Å². The fourth-order valence-corrected chi connectivity index (χ4v) is 2.58. The van der Waals surface area contributed by atoms with Gasteiger partial charge < -0.3 is 14.8 Å². The van der Waals surface area contributed by atoms with Crippen molar-refractivity contribution in [2.24, 2.45) is 0 Å². The summed E-state index contributed by atoms with van der Waals surface area (Å²) >= 11 is 0. The monoisotopic (exact) mass is 321 g/mol. The first-order valence-corrected chi connectivity index (χ1v) is 7.29. The first-order valence-electron chi connectivity index (χ1n) is 7.29. The lowest BCUT2D eigenvalue weighted by Gasteiger charge is -2.05. The molecular weight excluding hydrogens is 306 g/mol. The summed E-state index contributed by atoms with van der Waals surface area (Å²) in [5, 5.41) is 10.1. The van der Waals surface area contributed by atoms with Crippen molar-refractivity contribution in [1.82, 2.24) is 4.98 Å². The number of H-pyrrole nitrogens is 1. The minimum atomic E-state index is -0.558. The van der Waals surface area contributed by atoms with Gasteiger partial charge in [-0.3, -0.25) is 4.79 Å². The fourth-order valence-electron chi connectivity index (χ4n) is 2.58. The highest BCUT2D eigenvalue weighted by atomic mass is 16.5. The molecule has 2 N–H and O–H groups in total. The molecule has 1 heterocycles. The second-order valence-electron chi connectivity index (χ2n) is 5.22. The molecule has 0 amide bonds. The number of aromatic hydroxyl groups is 1. The van der Waals surface area contributed by atoms with Crippen molar-refractivity contribution >= 4 is 34.8 Å². The van der Waals surface area contributed by atoms with Crippen molar-refractivity contribution in [1.29, 1.82) is 0 Å². The zero-order valence-corrected chi connectivity index (χ0v) is 12.9. The van der Waals surface area contributed by atoms with E-state index in [-0.39, 0.29) is 11.3 Å². The lowest BCUT2D eigenvalue weighted by molar-refractivity contribution is -0.133. The smallest absolute Gasteiger partial charge is 0.340 e. The van der Waals surface area contributed by atoms with Gasteiger partial charge in [-0.05, 0) is 29.8 Å². The van der Waals surface area contributed by atoms with Gasteiger partial charge in [-0.2, -0.15) is 0 Å². The number of rotatable bonds is 4. The van der Waals surface area contributed by atoms with Crippen LogP contribution in [0.5, 0.6) is 5.75 Å². The predicted octanol–water partition coefficient (Wildman–Crippen LogP) is 3.40. The molecule has 24 heavy (non-hydrogen) atoms. The average molecular weight is 321 g/mol. The number of hydrogen-bond donors (Lipinski definition) is 2. The summed E-state index contributed by atoms with van der Waals surface area (Å²) in [4.78, 5) is 26.9. The highest BCUT2D eigenvalue weighted by Crippen LogP contribution is 2.28. The molecule has 0 aliphatic carbocycles. The number of fused-ring (bicyclic) bond motifs is 1. The number of carbonyl (C=O) groups excluding carboxylic acids is 2. The molecule has 3 aromatic rings. The Morgan fingerprint density at radius 2 is 1.83 bits per heavy atom. The summed E-state index contributed by atoms with van der Waals surface area (Å²) in [6, 6.07) is 13.7. The van der Waals surface area contributed by atoms with Crippen molar-refractivity contribution in [3.05, 3.63) is 65.4 Å². The number of aldehydes is 1. The molecule has 3 rings (SSSR count). The van der Waals surface area contributed by atoms with Crippen LogP contribution < -0.4 is 0 Å². The molecule has 0 bridgehead atoms. The van der Waals surface area contributed by atoms with E-state index < -0.39 is 5.97 Å². The molecule has 0 aliphatic heterocycles. The first-order chi connectivity index (χ1) is 11.6. The molecule has 5 nitrogen and oxygen atoms in total. The lowest BCUT2D eigenvalue weighted by atomic mass is 10.0. The van der Waals surface area contributed by atoms with E-state index in [0.717, 1.165) is 17.2 Å². The number of hydrogen-bond acceptors (Lipinski definition) is 4.